The van der Waals surface area contributed by atoms with Gasteiger partial charge in [0.25, 0.3) is 5.91 Å². The quantitative estimate of drug-likeness (QED) is 0.945. The molecule has 1 fully saturated rings. The molecule has 1 atom stereocenters. The summed E-state index contributed by atoms with van der Waals surface area (Å²) in [5, 5.41) is 1.84. The van der Waals surface area contributed by atoms with Gasteiger partial charge in [-0.05, 0) is 35.6 Å². The van der Waals surface area contributed by atoms with Crippen LogP contribution in [0.15, 0.2) is 35.7 Å². The molecule has 0 radical (unpaired) electrons. The first kappa shape index (κ1) is 14.7. The molecule has 2 heterocycles. The highest BCUT2D eigenvalue weighted by Gasteiger charge is 2.31. The Morgan fingerprint density at radius 3 is 2.59 bits per heavy atom. The molecule has 2 aromatic rings. The van der Waals surface area contributed by atoms with Gasteiger partial charge in [-0.1, -0.05) is 12.1 Å². The van der Waals surface area contributed by atoms with Gasteiger partial charge in [0.05, 0.1) is 10.8 Å². The minimum atomic E-state index is -0.361. The molecule has 1 aliphatic heterocycles. The van der Waals surface area contributed by atoms with Gasteiger partial charge in [-0.2, -0.15) is 0 Å². The van der Waals surface area contributed by atoms with E-state index in [1.54, 1.807) is 17.0 Å². The zero-order valence-corrected chi connectivity index (χ0v) is 12.6. The van der Waals surface area contributed by atoms with Crippen molar-refractivity contribution < 1.29 is 14.0 Å². The molecule has 1 aromatic heterocycles. The van der Waals surface area contributed by atoms with E-state index in [2.05, 4.69) is 0 Å². The summed E-state index contributed by atoms with van der Waals surface area (Å²) in [4.78, 5) is 26.1. The minimum absolute atomic E-state index is 0.0990. The van der Waals surface area contributed by atoms with Crippen molar-refractivity contribution in [2.45, 2.75) is 6.42 Å². The number of primary amides is 1. The Hall–Kier alpha value is -2.21. The number of nitrogens with zero attached hydrogens (tertiary/aromatic N) is 1. The highest BCUT2D eigenvalue weighted by Crippen LogP contribution is 2.31. The van der Waals surface area contributed by atoms with Crippen molar-refractivity contribution in [3.05, 3.63) is 46.4 Å². The predicted molar refractivity (Wildman–Crippen MR) is 82.9 cm³/mol. The molecule has 2 amide bonds. The van der Waals surface area contributed by atoms with Crippen molar-refractivity contribution in [1.82, 2.24) is 4.90 Å². The lowest BCUT2D eigenvalue weighted by molar-refractivity contribution is -0.121. The summed E-state index contributed by atoms with van der Waals surface area (Å²) in [5.41, 5.74) is 6.90. The molecule has 4 nitrogen and oxygen atoms in total. The number of halogens is 1. The summed E-state index contributed by atoms with van der Waals surface area (Å²) in [7, 11) is 0. The first-order chi connectivity index (χ1) is 10.6. The van der Waals surface area contributed by atoms with Crippen LogP contribution in [0.5, 0.6) is 0 Å². The maximum Gasteiger partial charge on any atom is 0.264 e. The van der Waals surface area contributed by atoms with Gasteiger partial charge in [0, 0.05) is 18.7 Å². The van der Waals surface area contributed by atoms with Crippen LogP contribution in [-0.2, 0) is 4.79 Å². The van der Waals surface area contributed by atoms with E-state index < -0.39 is 0 Å². The topological polar surface area (TPSA) is 63.4 Å². The third-order valence-electron chi connectivity index (χ3n) is 3.89. The van der Waals surface area contributed by atoms with Crippen molar-refractivity contribution in [2.75, 3.05) is 13.1 Å². The molecule has 0 saturated carbocycles. The number of hydrogen-bond acceptors (Lipinski definition) is 3. The van der Waals surface area contributed by atoms with Crippen LogP contribution in [0.2, 0.25) is 0 Å². The zero-order valence-electron chi connectivity index (χ0n) is 11.8. The summed E-state index contributed by atoms with van der Waals surface area (Å²) in [6.07, 6.45) is 0.609. The fourth-order valence-electron chi connectivity index (χ4n) is 2.65. The molecular weight excluding hydrogens is 303 g/mol. The van der Waals surface area contributed by atoms with Crippen LogP contribution in [0.25, 0.3) is 11.1 Å². The van der Waals surface area contributed by atoms with Crippen LogP contribution in [-0.4, -0.2) is 29.8 Å². The summed E-state index contributed by atoms with van der Waals surface area (Å²) in [6, 6.07) is 7.92. The second-order valence-corrected chi connectivity index (χ2v) is 6.23. The number of hydrogen-bond donors (Lipinski definition) is 1. The summed E-state index contributed by atoms with van der Waals surface area (Å²) >= 11 is 1.35. The van der Waals surface area contributed by atoms with E-state index in [-0.39, 0.29) is 23.5 Å². The lowest BCUT2D eigenvalue weighted by Gasteiger charge is -2.16. The van der Waals surface area contributed by atoms with Crippen molar-refractivity contribution in [2.24, 2.45) is 11.7 Å². The third kappa shape index (κ3) is 2.74. The normalized spacial score (nSPS) is 17.7. The number of nitrogens with two attached hydrogens (primary N) is 1. The van der Waals surface area contributed by atoms with Gasteiger partial charge in [-0.3, -0.25) is 9.59 Å². The fourth-order valence-corrected chi connectivity index (χ4v) is 3.54. The Kier molecular flexibility index (Phi) is 3.94. The van der Waals surface area contributed by atoms with Crippen molar-refractivity contribution in [3.8, 4) is 11.1 Å². The molecule has 0 aliphatic carbocycles. The lowest BCUT2D eigenvalue weighted by atomic mass is 10.1. The fraction of sp³-hybridized carbons (Fsp3) is 0.250. The van der Waals surface area contributed by atoms with E-state index >= 15 is 0 Å². The summed E-state index contributed by atoms with van der Waals surface area (Å²) in [6.45, 7) is 0.905. The highest BCUT2D eigenvalue weighted by atomic mass is 32.1. The Balaban J connectivity index is 1.84. The number of carbonyl (C=O) groups excluding carboxylic acids is 2. The Bertz CT molecular complexity index is 711. The zero-order chi connectivity index (χ0) is 15.7. The number of rotatable bonds is 3. The highest BCUT2D eigenvalue weighted by molar-refractivity contribution is 7.12. The van der Waals surface area contributed by atoms with E-state index in [4.69, 9.17) is 5.73 Å². The number of carbonyl (C=O) groups is 2. The smallest absolute Gasteiger partial charge is 0.264 e. The SMILES string of the molecule is NC(=O)[C@@H]1CCN(C(=O)c2sccc2-c2ccc(F)cc2)C1. The van der Waals surface area contributed by atoms with Crippen LogP contribution in [0.4, 0.5) is 4.39 Å². The average molecular weight is 318 g/mol. The van der Waals surface area contributed by atoms with Gasteiger partial charge in [0.15, 0.2) is 0 Å². The van der Waals surface area contributed by atoms with Gasteiger partial charge >= 0.3 is 0 Å². The molecule has 6 heteroatoms. The molecule has 1 aliphatic rings. The van der Waals surface area contributed by atoms with E-state index in [1.165, 1.54) is 23.5 Å². The minimum Gasteiger partial charge on any atom is -0.369 e. The average Bonchev–Trinajstić information content (AvgIpc) is 3.17. The van der Waals surface area contributed by atoms with Crippen molar-refractivity contribution in [1.29, 1.82) is 0 Å². The molecule has 1 aromatic carbocycles. The first-order valence-corrected chi connectivity index (χ1v) is 7.86. The monoisotopic (exact) mass is 318 g/mol. The Labute approximate surface area is 131 Å². The van der Waals surface area contributed by atoms with Crippen molar-refractivity contribution in [3.63, 3.8) is 0 Å². The van der Waals surface area contributed by atoms with Crippen molar-refractivity contribution >= 4 is 23.2 Å². The number of amides is 2. The maximum atomic E-state index is 13.0. The molecular formula is C16H15FN2O2S. The van der Waals surface area contributed by atoms with Crippen LogP contribution < -0.4 is 5.73 Å². The van der Waals surface area contributed by atoms with E-state index in [0.29, 0.717) is 24.4 Å². The number of likely N-dealkylation sites (tertiary alicyclic amines) is 1. The standard InChI is InChI=1S/C16H15FN2O2S/c17-12-3-1-10(2-4-12)13-6-8-22-14(13)16(21)19-7-5-11(9-19)15(18)20/h1-4,6,8,11H,5,7,9H2,(H2,18,20)/t11-/m1/s1. The van der Waals surface area contributed by atoms with Crippen LogP contribution in [0, 0.1) is 11.7 Å². The molecule has 2 N–H and O–H groups in total. The van der Waals surface area contributed by atoms with Gasteiger partial charge in [-0.15, -0.1) is 11.3 Å². The van der Waals surface area contributed by atoms with Gasteiger partial charge < -0.3 is 10.6 Å². The van der Waals surface area contributed by atoms with Gasteiger partial charge in [0.2, 0.25) is 5.91 Å². The largest absolute Gasteiger partial charge is 0.369 e. The van der Waals surface area contributed by atoms with Crippen LogP contribution >= 0.6 is 11.3 Å². The van der Waals surface area contributed by atoms with E-state index in [1.807, 2.05) is 11.4 Å². The van der Waals surface area contributed by atoms with Gasteiger partial charge in [0.1, 0.15) is 5.82 Å². The number of benzene rings is 1. The first-order valence-electron chi connectivity index (χ1n) is 6.98. The molecule has 114 valence electrons. The number of thiophene rings is 1. The molecule has 22 heavy (non-hydrogen) atoms. The molecule has 0 spiro atoms. The van der Waals surface area contributed by atoms with Crippen LogP contribution in [0.1, 0.15) is 16.1 Å². The van der Waals surface area contributed by atoms with Crippen LogP contribution in [0.3, 0.4) is 0 Å². The molecule has 0 unspecified atom stereocenters. The summed E-state index contributed by atoms with van der Waals surface area (Å²) < 4.78 is 13.0. The summed E-state index contributed by atoms with van der Waals surface area (Å²) in [5.74, 6) is -1.04. The predicted octanol–water partition coefficient (Wildman–Crippen LogP) is 2.50. The molecule has 3 rings (SSSR count). The Morgan fingerprint density at radius 2 is 1.95 bits per heavy atom. The maximum absolute atomic E-state index is 13.0. The molecule has 0 bridgehead atoms. The second kappa shape index (κ2) is 5.88. The third-order valence-corrected chi connectivity index (χ3v) is 4.79. The second-order valence-electron chi connectivity index (χ2n) is 5.31. The molecule has 1 saturated heterocycles. The lowest BCUT2D eigenvalue weighted by Crippen LogP contribution is -2.31. The van der Waals surface area contributed by atoms with E-state index in [9.17, 15) is 14.0 Å². The van der Waals surface area contributed by atoms with E-state index in [0.717, 1.165) is 11.1 Å². The van der Waals surface area contributed by atoms with Gasteiger partial charge in [-0.25, -0.2) is 4.39 Å². The Morgan fingerprint density at radius 1 is 1.23 bits per heavy atom.